The van der Waals surface area contributed by atoms with E-state index in [2.05, 4.69) is 19.7 Å². The van der Waals surface area contributed by atoms with E-state index in [1.165, 1.54) is 12.1 Å². The van der Waals surface area contributed by atoms with Crippen molar-refractivity contribution in [3.63, 3.8) is 0 Å². The quantitative estimate of drug-likeness (QED) is 0.841. The summed E-state index contributed by atoms with van der Waals surface area (Å²) in [5, 5.41) is 6.14. The number of H-pyrrole nitrogens is 1. The fraction of sp³-hybridized carbons (Fsp3) is 0.200. The van der Waals surface area contributed by atoms with Crippen LogP contribution in [0.5, 0.6) is 5.75 Å². The summed E-state index contributed by atoms with van der Waals surface area (Å²) in [5.74, 6) is -1.20. The number of rotatable bonds is 2. The molecule has 1 N–H and O–H groups in total. The smallest absolute Gasteiger partial charge is 0.464 e. The molecule has 1 aromatic heterocycles. The molecule has 0 fully saturated rings. The van der Waals surface area contributed by atoms with Gasteiger partial charge in [0.05, 0.1) is 7.11 Å². The average Bonchev–Trinajstić information content (AvgIpc) is 2.71. The number of hydrogen-bond donors (Lipinski definition) is 1. The largest absolute Gasteiger partial charge is 0.573 e. The van der Waals surface area contributed by atoms with E-state index in [4.69, 9.17) is 0 Å². The van der Waals surface area contributed by atoms with Crippen LogP contribution in [0.15, 0.2) is 18.2 Å². The number of nitrogens with one attached hydrogen (secondary N) is 1. The van der Waals surface area contributed by atoms with Gasteiger partial charge in [-0.1, -0.05) is 12.1 Å². The molecule has 1 heterocycles. The van der Waals surface area contributed by atoms with Crippen LogP contribution in [-0.4, -0.2) is 29.6 Å². The molecule has 0 spiro atoms. The molecular formula is C10H7F3N2O3. The third-order valence-electron chi connectivity index (χ3n) is 2.16. The predicted octanol–water partition coefficient (Wildman–Crippen LogP) is 2.25. The van der Waals surface area contributed by atoms with Crippen molar-refractivity contribution < 1.29 is 27.4 Å². The molecule has 2 rings (SSSR count). The molecule has 0 unspecified atom stereocenters. The molecule has 8 heteroatoms. The first-order valence-corrected chi connectivity index (χ1v) is 4.73. The van der Waals surface area contributed by atoms with E-state index in [-0.39, 0.29) is 16.6 Å². The van der Waals surface area contributed by atoms with Crippen molar-refractivity contribution >= 4 is 16.9 Å². The molecule has 0 radical (unpaired) electrons. The van der Waals surface area contributed by atoms with Gasteiger partial charge in [0.1, 0.15) is 5.52 Å². The molecule has 0 aliphatic rings. The minimum Gasteiger partial charge on any atom is -0.464 e. The summed E-state index contributed by atoms with van der Waals surface area (Å²) in [5.41, 5.74) is -0.115. The number of methoxy groups -OCH3 is 1. The average molecular weight is 260 g/mol. The lowest BCUT2D eigenvalue weighted by molar-refractivity contribution is -0.274. The number of alkyl halides is 3. The van der Waals surface area contributed by atoms with Crippen molar-refractivity contribution in [3.8, 4) is 5.75 Å². The van der Waals surface area contributed by atoms with Gasteiger partial charge in [-0.25, -0.2) is 4.79 Å². The fourth-order valence-electron chi connectivity index (χ4n) is 1.48. The number of carbonyl (C=O) groups is 1. The molecule has 0 atom stereocenters. The van der Waals surface area contributed by atoms with E-state index in [1.807, 2.05) is 0 Å². The molecule has 18 heavy (non-hydrogen) atoms. The maximum Gasteiger partial charge on any atom is 0.573 e. The molecule has 96 valence electrons. The van der Waals surface area contributed by atoms with Gasteiger partial charge in [-0.05, 0) is 6.07 Å². The predicted molar refractivity (Wildman–Crippen MR) is 54.1 cm³/mol. The Hall–Kier alpha value is -2.25. The second-order valence-corrected chi connectivity index (χ2v) is 3.29. The minimum atomic E-state index is -4.82. The lowest BCUT2D eigenvalue weighted by Crippen LogP contribution is -2.17. The number of halogens is 3. The number of aromatic amines is 1. The molecule has 2 aromatic rings. The number of hydrogen-bond acceptors (Lipinski definition) is 4. The number of carbonyl (C=O) groups excluding carboxylic acids is 1. The Morgan fingerprint density at radius 1 is 1.39 bits per heavy atom. The van der Waals surface area contributed by atoms with Crippen LogP contribution in [0.4, 0.5) is 13.2 Å². The first-order valence-electron chi connectivity index (χ1n) is 4.73. The number of para-hydroxylation sites is 1. The van der Waals surface area contributed by atoms with E-state index in [0.717, 1.165) is 13.2 Å². The molecule has 0 saturated carbocycles. The van der Waals surface area contributed by atoms with E-state index in [1.54, 1.807) is 0 Å². The van der Waals surface area contributed by atoms with E-state index < -0.39 is 18.1 Å². The van der Waals surface area contributed by atoms with Crippen molar-refractivity contribution in [3.05, 3.63) is 23.9 Å². The third kappa shape index (κ3) is 2.22. The zero-order chi connectivity index (χ0) is 13.3. The van der Waals surface area contributed by atoms with Gasteiger partial charge in [0.2, 0.25) is 0 Å². The molecule has 1 aromatic carbocycles. The molecule has 0 aliphatic carbocycles. The number of ether oxygens (including phenoxy) is 2. The summed E-state index contributed by atoms with van der Waals surface area (Å²) < 4.78 is 44.7. The monoisotopic (exact) mass is 260 g/mol. The zero-order valence-electron chi connectivity index (χ0n) is 9.04. The standard InChI is InChI=1S/C10H7F3N2O3/c1-17-9(16)8-5-3-2-4-6(7(5)14-15-8)18-10(11,12)13/h2-4H,1H3,(H,14,15). The van der Waals surface area contributed by atoms with Crippen LogP contribution in [0, 0.1) is 0 Å². The lowest BCUT2D eigenvalue weighted by atomic mass is 10.2. The Morgan fingerprint density at radius 3 is 2.72 bits per heavy atom. The Kier molecular flexibility index (Phi) is 2.85. The van der Waals surface area contributed by atoms with Crippen molar-refractivity contribution in [1.29, 1.82) is 0 Å². The molecular weight excluding hydrogens is 253 g/mol. The maximum absolute atomic E-state index is 12.1. The number of esters is 1. The van der Waals surface area contributed by atoms with Crippen LogP contribution in [0.3, 0.4) is 0 Å². The SMILES string of the molecule is COC(=O)c1[nH]nc2c(OC(F)(F)F)cccc12. The summed E-state index contributed by atoms with van der Waals surface area (Å²) >= 11 is 0. The third-order valence-corrected chi connectivity index (χ3v) is 2.16. The summed E-state index contributed by atoms with van der Waals surface area (Å²) in [6.07, 6.45) is -4.82. The number of fused-ring (bicyclic) bond motifs is 1. The molecule has 0 amide bonds. The van der Waals surface area contributed by atoms with Crippen LogP contribution in [0.1, 0.15) is 10.5 Å². The Bertz CT molecular complexity index is 592. The second kappa shape index (κ2) is 4.21. The Morgan fingerprint density at radius 2 is 2.11 bits per heavy atom. The van der Waals surface area contributed by atoms with Gasteiger partial charge in [0.15, 0.2) is 11.4 Å². The van der Waals surface area contributed by atoms with Crippen molar-refractivity contribution in [2.75, 3.05) is 7.11 Å². The first-order chi connectivity index (χ1) is 8.42. The topological polar surface area (TPSA) is 64.2 Å². The first kappa shape index (κ1) is 12.2. The molecule has 0 bridgehead atoms. The zero-order valence-corrected chi connectivity index (χ0v) is 9.04. The van der Waals surface area contributed by atoms with Crippen molar-refractivity contribution in [2.45, 2.75) is 6.36 Å². The van der Waals surface area contributed by atoms with Crippen LogP contribution in [0.2, 0.25) is 0 Å². The Balaban J connectivity index is 2.52. The number of benzene rings is 1. The van der Waals surface area contributed by atoms with Crippen LogP contribution >= 0.6 is 0 Å². The van der Waals surface area contributed by atoms with E-state index in [9.17, 15) is 18.0 Å². The molecule has 0 aliphatic heterocycles. The normalized spacial score (nSPS) is 11.6. The van der Waals surface area contributed by atoms with Gasteiger partial charge in [-0.15, -0.1) is 13.2 Å². The van der Waals surface area contributed by atoms with Gasteiger partial charge >= 0.3 is 12.3 Å². The lowest BCUT2D eigenvalue weighted by Gasteiger charge is -2.08. The van der Waals surface area contributed by atoms with E-state index in [0.29, 0.717) is 0 Å². The van der Waals surface area contributed by atoms with Gasteiger partial charge in [-0.2, -0.15) is 5.10 Å². The Labute approximate surface area is 98.5 Å². The van der Waals surface area contributed by atoms with Gasteiger partial charge < -0.3 is 9.47 Å². The fourth-order valence-corrected chi connectivity index (χ4v) is 1.48. The summed E-state index contributed by atoms with van der Waals surface area (Å²) in [7, 11) is 1.16. The highest BCUT2D eigenvalue weighted by Crippen LogP contribution is 2.30. The highest BCUT2D eigenvalue weighted by molar-refractivity contribution is 6.03. The maximum atomic E-state index is 12.1. The summed E-state index contributed by atoms with van der Waals surface area (Å²) in [4.78, 5) is 11.3. The molecule has 5 nitrogen and oxygen atoms in total. The summed E-state index contributed by atoms with van der Waals surface area (Å²) in [6.45, 7) is 0. The molecule has 0 saturated heterocycles. The summed E-state index contributed by atoms with van der Waals surface area (Å²) in [6, 6.07) is 3.87. The second-order valence-electron chi connectivity index (χ2n) is 3.29. The van der Waals surface area contributed by atoms with Gasteiger partial charge in [0, 0.05) is 5.39 Å². The van der Waals surface area contributed by atoms with Gasteiger partial charge in [-0.3, -0.25) is 5.10 Å². The minimum absolute atomic E-state index is 0.0277. The van der Waals surface area contributed by atoms with Gasteiger partial charge in [0.25, 0.3) is 0 Å². The van der Waals surface area contributed by atoms with Crippen molar-refractivity contribution in [2.24, 2.45) is 0 Å². The van der Waals surface area contributed by atoms with Crippen LogP contribution < -0.4 is 4.74 Å². The van der Waals surface area contributed by atoms with Crippen LogP contribution in [0.25, 0.3) is 10.9 Å². The number of aromatic nitrogens is 2. The van der Waals surface area contributed by atoms with Crippen LogP contribution in [-0.2, 0) is 4.74 Å². The highest BCUT2D eigenvalue weighted by atomic mass is 19.4. The number of nitrogens with zero attached hydrogens (tertiary/aromatic N) is 1. The van der Waals surface area contributed by atoms with Crippen molar-refractivity contribution in [1.82, 2.24) is 10.2 Å². The highest BCUT2D eigenvalue weighted by Gasteiger charge is 2.32. The van der Waals surface area contributed by atoms with E-state index >= 15 is 0 Å².